The van der Waals surface area contributed by atoms with E-state index in [0.29, 0.717) is 48.5 Å². The highest BCUT2D eigenvalue weighted by molar-refractivity contribution is 6.17. The summed E-state index contributed by atoms with van der Waals surface area (Å²) in [6, 6.07) is 1.97. The summed E-state index contributed by atoms with van der Waals surface area (Å²) in [6.45, 7) is 3.06. The summed E-state index contributed by atoms with van der Waals surface area (Å²) in [4.78, 5) is 42.0. The van der Waals surface area contributed by atoms with E-state index in [1.807, 2.05) is 6.92 Å². The summed E-state index contributed by atoms with van der Waals surface area (Å²) in [6.07, 6.45) is 9.89. The van der Waals surface area contributed by atoms with Gasteiger partial charge in [0.15, 0.2) is 11.6 Å². The topological polar surface area (TPSA) is 137 Å². The standard InChI is InChI=1S/C27H38N6O3/c1-17(21-9-7-15-33(21)3)36-23-16-20(19(28)11-14-30-2)31-26(32-23)24(29)18-8-6-13-27(25(18)35)12-5-4-10-22(27)34/h11,14,16-17,21H,4-10,12-13,15,28-29H2,1-3H3/t17-,21-,27+/m0/s1. The number of allylic oxidation sites excluding steroid dienone is 2. The van der Waals surface area contributed by atoms with Gasteiger partial charge < -0.3 is 16.2 Å². The van der Waals surface area contributed by atoms with E-state index in [1.165, 1.54) is 0 Å². The van der Waals surface area contributed by atoms with Crippen LogP contribution >= 0.6 is 0 Å². The van der Waals surface area contributed by atoms with Gasteiger partial charge in [0.25, 0.3) is 0 Å². The molecule has 0 unspecified atom stereocenters. The Morgan fingerprint density at radius 2 is 1.97 bits per heavy atom. The second-order valence-corrected chi connectivity index (χ2v) is 10.2. The first-order valence-corrected chi connectivity index (χ1v) is 13.0. The summed E-state index contributed by atoms with van der Waals surface area (Å²) in [5.41, 5.74) is 13.4. The number of nitrogens with zero attached hydrogens (tertiary/aromatic N) is 4. The summed E-state index contributed by atoms with van der Waals surface area (Å²) in [7, 11) is 3.75. The third-order valence-electron chi connectivity index (χ3n) is 7.92. The van der Waals surface area contributed by atoms with Crippen molar-refractivity contribution in [1.82, 2.24) is 14.9 Å². The average molecular weight is 495 g/mol. The van der Waals surface area contributed by atoms with Crippen molar-refractivity contribution in [3.63, 3.8) is 0 Å². The Bertz CT molecular complexity index is 1110. The molecule has 3 fully saturated rings. The molecule has 2 aliphatic carbocycles. The van der Waals surface area contributed by atoms with E-state index in [2.05, 4.69) is 26.9 Å². The number of aliphatic imine (C=N–C) groups is 1. The molecule has 4 rings (SSSR count). The number of carbonyl (C=O) groups is 2. The van der Waals surface area contributed by atoms with Gasteiger partial charge in [-0.1, -0.05) is 6.42 Å². The van der Waals surface area contributed by atoms with Crippen LogP contribution in [0.1, 0.15) is 76.2 Å². The minimum absolute atomic E-state index is 0.0444. The van der Waals surface area contributed by atoms with Crippen molar-refractivity contribution in [1.29, 1.82) is 0 Å². The number of aromatic nitrogens is 2. The molecule has 9 nitrogen and oxygen atoms in total. The smallest absolute Gasteiger partial charge is 0.217 e. The predicted molar refractivity (Wildman–Crippen MR) is 140 cm³/mol. The van der Waals surface area contributed by atoms with Crippen LogP contribution in [-0.2, 0) is 9.59 Å². The van der Waals surface area contributed by atoms with Crippen LogP contribution in [-0.4, -0.2) is 65.4 Å². The van der Waals surface area contributed by atoms with Crippen molar-refractivity contribution < 1.29 is 14.3 Å². The van der Waals surface area contributed by atoms with Crippen molar-refractivity contribution in [3.8, 4) is 5.88 Å². The van der Waals surface area contributed by atoms with Crippen molar-refractivity contribution in [2.45, 2.75) is 76.9 Å². The molecule has 0 aromatic carbocycles. The fourth-order valence-corrected chi connectivity index (χ4v) is 5.86. The van der Waals surface area contributed by atoms with Crippen LogP contribution in [0.5, 0.6) is 5.88 Å². The number of Topliss-reactive ketones (excluding diaryl/α,β-unsaturated/α-hetero) is 2. The van der Waals surface area contributed by atoms with Gasteiger partial charge in [0.05, 0.1) is 22.5 Å². The molecule has 0 amide bonds. The molecule has 1 aromatic heterocycles. The van der Waals surface area contributed by atoms with Gasteiger partial charge in [-0.2, -0.15) is 4.98 Å². The van der Waals surface area contributed by atoms with Gasteiger partial charge in [-0.3, -0.25) is 19.5 Å². The predicted octanol–water partition coefficient (Wildman–Crippen LogP) is 2.89. The average Bonchev–Trinajstić information content (AvgIpc) is 3.31. The van der Waals surface area contributed by atoms with Crippen molar-refractivity contribution >= 4 is 29.2 Å². The number of hydrogen-bond acceptors (Lipinski definition) is 9. The largest absolute Gasteiger partial charge is 0.473 e. The van der Waals surface area contributed by atoms with Crippen molar-refractivity contribution in [2.24, 2.45) is 21.9 Å². The number of likely N-dealkylation sites (N-methyl/N-ethyl adjacent to an activating group) is 1. The number of nitrogens with two attached hydrogens (primary N) is 2. The Hall–Kier alpha value is -3.07. The zero-order valence-corrected chi connectivity index (χ0v) is 21.6. The molecule has 4 N–H and O–H groups in total. The Morgan fingerprint density at radius 3 is 2.67 bits per heavy atom. The first kappa shape index (κ1) is 26.0. The summed E-state index contributed by atoms with van der Waals surface area (Å²) in [5.74, 6) is 0.434. The molecule has 1 aliphatic heterocycles. The highest BCUT2D eigenvalue weighted by atomic mass is 16.5. The van der Waals surface area contributed by atoms with Crippen molar-refractivity contribution in [3.05, 3.63) is 29.2 Å². The molecule has 194 valence electrons. The van der Waals surface area contributed by atoms with Crippen LogP contribution < -0.4 is 16.2 Å². The van der Waals surface area contributed by atoms with Crippen LogP contribution in [0, 0.1) is 5.41 Å². The molecule has 1 spiro atoms. The molecule has 0 radical (unpaired) electrons. The molecular formula is C27H38N6O3. The zero-order valence-electron chi connectivity index (χ0n) is 21.6. The maximum atomic E-state index is 13.7. The second-order valence-electron chi connectivity index (χ2n) is 10.2. The molecule has 2 heterocycles. The summed E-state index contributed by atoms with van der Waals surface area (Å²) >= 11 is 0. The molecule has 36 heavy (non-hydrogen) atoms. The normalized spacial score (nSPS) is 28.2. The maximum Gasteiger partial charge on any atom is 0.217 e. The Balaban J connectivity index is 1.73. The van der Waals surface area contributed by atoms with Gasteiger partial charge in [0.1, 0.15) is 11.9 Å². The third kappa shape index (κ3) is 5.07. The first-order valence-electron chi connectivity index (χ1n) is 13.0. The van der Waals surface area contributed by atoms with Gasteiger partial charge in [0, 0.05) is 37.4 Å². The minimum atomic E-state index is -0.939. The van der Waals surface area contributed by atoms with E-state index in [4.69, 9.17) is 16.2 Å². The lowest BCUT2D eigenvalue weighted by Gasteiger charge is -2.38. The first-order chi connectivity index (χ1) is 17.3. The van der Waals surface area contributed by atoms with Crippen LogP contribution in [0.15, 0.2) is 22.7 Å². The van der Waals surface area contributed by atoms with Gasteiger partial charge in [-0.15, -0.1) is 0 Å². The molecular weight excluding hydrogens is 456 g/mol. The monoisotopic (exact) mass is 494 g/mol. The van der Waals surface area contributed by atoms with Gasteiger partial charge in [-0.05, 0) is 71.5 Å². The van der Waals surface area contributed by atoms with Gasteiger partial charge >= 0.3 is 0 Å². The number of ether oxygens (including phenoxy) is 1. The lowest BCUT2D eigenvalue weighted by molar-refractivity contribution is -0.143. The minimum Gasteiger partial charge on any atom is -0.473 e. The number of rotatable bonds is 6. The van der Waals surface area contributed by atoms with Crippen molar-refractivity contribution in [2.75, 3.05) is 20.6 Å². The van der Waals surface area contributed by atoms with E-state index in [-0.39, 0.29) is 35.2 Å². The molecule has 0 bridgehead atoms. The third-order valence-corrected chi connectivity index (χ3v) is 7.92. The molecule has 1 saturated heterocycles. The maximum absolute atomic E-state index is 13.7. The van der Waals surface area contributed by atoms with E-state index >= 15 is 0 Å². The van der Waals surface area contributed by atoms with E-state index < -0.39 is 5.41 Å². The number of carbonyl (C=O) groups excluding carboxylic acids is 2. The lowest BCUT2D eigenvalue weighted by Crippen LogP contribution is -2.45. The molecule has 2 saturated carbocycles. The fraction of sp³-hybridized carbons (Fsp3) is 0.593. The summed E-state index contributed by atoms with van der Waals surface area (Å²) < 4.78 is 6.27. The molecule has 1 aromatic rings. The van der Waals surface area contributed by atoms with Crippen LogP contribution in [0.2, 0.25) is 0 Å². The Kier molecular flexibility index (Phi) is 7.88. The zero-order chi connectivity index (χ0) is 25.9. The number of ketones is 2. The molecule has 3 atom stereocenters. The van der Waals surface area contributed by atoms with Gasteiger partial charge in [0.2, 0.25) is 5.88 Å². The van der Waals surface area contributed by atoms with Gasteiger partial charge in [-0.25, -0.2) is 4.98 Å². The highest BCUT2D eigenvalue weighted by Gasteiger charge is 2.49. The molecule has 9 heteroatoms. The Labute approximate surface area is 213 Å². The Morgan fingerprint density at radius 1 is 1.19 bits per heavy atom. The number of hydrogen-bond donors (Lipinski definition) is 2. The SMILES string of the molecule is CN=CC=C(N)c1cc(O[C@@H](C)[C@@H]2CCCN2C)nc(C(N)=C2CCC[C@@]3(CCCCC3=O)C2=O)n1. The van der Waals surface area contributed by atoms with E-state index in [9.17, 15) is 9.59 Å². The second kappa shape index (κ2) is 10.9. The van der Waals surface area contributed by atoms with E-state index in [1.54, 1.807) is 25.4 Å². The van der Waals surface area contributed by atoms with Crippen LogP contribution in [0.25, 0.3) is 11.4 Å². The quantitative estimate of drug-likeness (QED) is 0.350. The number of likely N-dealkylation sites (tertiary alicyclic amines) is 1. The highest BCUT2D eigenvalue weighted by Crippen LogP contribution is 2.45. The summed E-state index contributed by atoms with van der Waals surface area (Å²) in [5, 5.41) is 0. The molecule has 3 aliphatic rings. The fourth-order valence-electron chi connectivity index (χ4n) is 5.86. The van der Waals surface area contributed by atoms with E-state index in [0.717, 1.165) is 38.6 Å². The van der Waals surface area contributed by atoms with Crippen LogP contribution in [0.3, 0.4) is 0 Å². The lowest BCUT2D eigenvalue weighted by atomic mass is 9.62. The van der Waals surface area contributed by atoms with Crippen LogP contribution in [0.4, 0.5) is 0 Å².